The number of nitrogens with two attached hydrogens (primary N) is 1. The zero-order valence-electron chi connectivity index (χ0n) is 13.5. The van der Waals surface area contributed by atoms with Crippen LogP contribution in [-0.2, 0) is 0 Å². The number of halogens is 4. The Kier molecular flexibility index (Phi) is 4.50. The first-order valence-electron chi connectivity index (χ1n) is 7.47. The molecule has 26 heavy (non-hydrogen) atoms. The van der Waals surface area contributed by atoms with Gasteiger partial charge in [0, 0.05) is 11.1 Å². The van der Waals surface area contributed by atoms with Crippen molar-refractivity contribution in [1.82, 2.24) is 9.97 Å². The number of ether oxygens (including phenoxy) is 1. The van der Waals surface area contributed by atoms with Crippen LogP contribution in [0.1, 0.15) is 5.56 Å². The smallest absolute Gasteiger partial charge is 0.405 e. The molecule has 0 unspecified atom stereocenters. The number of hydrogen-bond acceptors (Lipinski definition) is 4. The summed E-state index contributed by atoms with van der Waals surface area (Å²) in [7, 11) is 0. The van der Waals surface area contributed by atoms with Crippen LogP contribution in [0.2, 0.25) is 0 Å². The van der Waals surface area contributed by atoms with Gasteiger partial charge in [-0.15, -0.1) is 13.2 Å². The van der Waals surface area contributed by atoms with Gasteiger partial charge in [0.2, 0.25) is 0 Å². The molecule has 0 aliphatic rings. The summed E-state index contributed by atoms with van der Waals surface area (Å²) in [5, 5.41) is 0. The molecule has 0 amide bonds. The van der Waals surface area contributed by atoms with Crippen LogP contribution >= 0.6 is 0 Å². The average Bonchev–Trinajstić information content (AvgIpc) is 2.56. The Morgan fingerprint density at radius 1 is 0.962 bits per heavy atom. The van der Waals surface area contributed by atoms with Crippen molar-refractivity contribution in [2.75, 3.05) is 5.73 Å². The maximum absolute atomic E-state index is 14.5. The van der Waals surface area contributed by atoms with Gasteiger partial charge in [0.15, 0.2) is 0 Å². The molecule has 3 rings (SSSR count). The molecule has 0 fully saturated rings. The average molecular weight is 363 g/mol. The van der Waals surface area contributed by atoms with Gasteiger partial charge in [0.05, 0.1) is 18.1 Å². The highest BCUT2D eigenvalue weighted by molar-refractivity contribution is 5.74. The number of aromatic nitrogens is 2. The lowest BCUT2D eigenvalue weighted by Crippen LogP contribution is -2.17. The van der Waals surface area contributed by atoms with Crippen LogP contribution in [0, 0.1) is 12.7 Å². The van der Waals surface area contributed by atoms with Gasteiger partial charge < -0.3 is 10.5 Å². The highest BCUT2D eigenvalue weighted by Crippen LogP contribution is 2.36. The molecule has 134 valence electrons. The van der Waals surface area contributed by atoms with Gasteiger partial charge in [0.1, 0.15) is 17.4 Å². The second kappa shape index (κ2) is 6.62. The fourth-order valence-corrected chi connectivity index (χ4v) is 2.45. The molecule has 2 aromatic carbocycles. The topological polar surface area (TPSA) is 61.0 Å². The van der Waals surface area contributed by atoms with E-state index in [1.807, 2.05) is 0 Å². The van der Waals surface area contributed by atoms with Gasteiger partial charge in [-0.25, -0.2) is 9.37 Å². The first kappa shape index (κ1) is 17.7. The van der Waals surface area contributed by atoms with E-state index in [4.69, 9.17) is 5.73 Å². The maximum Gasteiger partial charge on any atom is 0.573 e. The molecule has 0 aliphatic carbocycles. The van der Waals surface area contributed by atoms with Crippen LogP contribution in [0.3, 0.4) is 0 Å². The Hall–Kier alpha value is -3.16. The Morgan fingerprint density at radius 3 is 2.35 bits per heavy atom. The van der Waals surface area contributed by atoms with Crippen LogP contribution in [0.5, 0.6) is 5.75 Å². The van der Waals surface area contributed by atoms with E-state index in [1.54, 1.807) is 6.92 Å². The van der Waals surface area contributed by atoms with Crippen molar-refractivity contribution in [3.8, 4) is 28.1 Å². The largest absolute Gasteiger partial charge is 0.573 e. The van der Waals surface area contributed by atoms with E-state index in [1.165, 1.54) is 42.7 Å². The number of nitrogen functional groups attached to an aromatic ring is 1. The van der Waals surface area contributed by atoms with E-state index >= 15 is 0 Å². The first-order chi connectivity index (χ1) is 12.2. The molecule has 0 bridgehead atoms. The predicted octanol–water partition coefficient (Wildman–Crippen LogP) is 4.74. The van der Waals surface area contributed by atoms with Gasteiger partial charge >= 0.3 is 6.36 Å². The van der Waals surface area contributed by atoms with Crippen molar-refractivity contribution < 1.29 is 22.3 Å². The van der Waals surface area contributed by atoms with Crippen LogP contribution in [-0.4, -0.2) is 16.3 Å². The van der Waals surface area contributed by atoms with E-state index in [0.29, 0.717) is 5.56 Å². The molecule has 4 nitrogen and oxygen atoms in total. The van der Waals surface area contributed by atoms with E-state index in [2.05, 4.69) is 14.7 Å². The zero-order valence-corrected chi connectivity index (χ0v) is 13.5. The zero-order chi connectivity index (χ0) is 18.9. The number of benzene rings is 2. The van der Waals surface area contributed by atoms with Crippen LogP contribution in [0.25, 0.3) is 22.4 Å². The third-order valence-corrected chi connectivity index (χ3v) is 3.59. The summed E-state index contributed by atoms with van der Waals surface area (Å²) in [5.41, 5.74) is 6.97. The van der Waals surface area contributed by atoms with Gasteiger partial charge in [-0.05, 0) is 36.8 Å². The van der Waals surface area contributed by atoms with Crippen molar-refractivity contribution in [3.63, 3.8) is 0 Å². The molecule has 0 radical (unpaired) electrons. The fourth-order valence-electron chi connectivity index (χ4n) is 2.45. The number of hydrogen-bond donors (Lipinski definition) is 1. The molecule has 0 saturated heterocycles. The minimum Gasteiger partial charge on any atom is -0.405 e. The Bertz CT molecular complexity index is 940. The highest BCUT2D eigenvalue weighted by Gasteiger charge is 2.32. The quantitative estimate of drug-likeness (QED) is 0.683. The summed E-state index contributed by atoms with van der Waals surface area (Å²) in [5.74, 6) is -0.858. The lowest BCUT2D eigenvalue weighted by atomic mass is 10.00. The summed E-state index contributed by atoms with van der Waals surface area (Å²) >= 11 is 0. The molecule has 0 spiro atoms. The van der Waals surface area contributed by atoms with Crippen LogP contribution in [0.15, 0.2) is 48.8 Å². The maximum atomic E-state index is 14.5. The molecular formula is C18H13F4N3O. The number of aryl methyl sites for hydroxylation is 1. The van der Waals surface area contributed by atoms with E-state index in [0.717, 1.165) is 6.07 Å². The molecule has 0 atom stereocenters. The number of nitrogens with zero attached hydrogens (tertiary/aromatic N) is 2. The number of alkyl halides is 3. The monoisotopic (exact) mass is 363 g/mol. The summed E-state index contributed by atoms with van der Waals surface area (Å²) in [4.78, 5) is 7.84. The first-order valence-corrected chi connectivity index (χ1v) is 7.47. The van der Waals surface area contributed by atoms with Gasteiger partial charge in [-0.1, -0.05) is 17.7 Å². The van der Waals surface area contributed by atoms with Crippen LogP contribution in [0.4, 0.5) is 23.4 Å². The third kappa shape index (κ3) is 3.90. The molecule has 2 N–H and O–H groups in total. The summed E-state index contributed by atoms with van der Waals surface area (Å²) in [6, 6.07) is 8.23. The van der Waals surface area contributed by atoms with Crippen molar-refractivity contribution >= 4 is 5.82 Å². The van der Waals surface area contributed by atoms with Crippen molar-refractivity contribution in [2.45, 2.75) is 13.3 Å². The second-order valence-electron chi connectivity index (χ2n) is 5.57. The third-order valence-electron chi connectivity index (χ3n) is 3.59. The van der Waals surface area contributed by atoms with Crippen molar-refractivity contribution in [2.24, 2.45) is 0 Å². The van der Waals surface area contributed by atoms with E-state index < -0.39 is 17.9 Å². The highest BCUT2D eigenvalue weighted by atomic mass is 19.4. The second-order valence-corrected chi connectivity index (χ2v) is 5.57. The summed E-state index contributed by atoms with van der Waals surface area (Å²) in [6.07, 6.45) is -2.24. The van der Waals surface area contributed by atoms with Crippen molar-refractivity contribution in [3.05, 3.63) is 60.2 Å². The van der Waals surface area contributed by atoms with Crippen molar-refractivity contribution in [1.29, 1.82) is 0 Å². The predicted molar refractivity (Wildman–Crippen MR) is 88.7 cm³/mol. The molecule has 3 aromatic rings. The minimum atomic E-state index is -4.85. The fraction of sp³-hybridized carbons (Fsp3) is 0.111. The molecule has 0 saturated carbocycles. The molecule has 1 heterocycles. The molecule has 1 aromatic heterocycles. The summed E-state index contributed by atoms with van der Waals surface area (Å²) < 4.78 is 56.4. The normalized spacial score (nSPS) is 11.4. The lowest BCUT2D eigenvalue weighted by Gasteiger charge is -2.15. The lowest BCUT2D eigenvalue weighted by molar-refractivity contribution is -0.274. The standard InChI is InChI=1S/C18H13F4N3O/c1-10-2-5-16(26-18(20,21)22)13(6-10)11-3-4-12(14(19)7-11)15-8-25-17(23)9-24-15/h2-9H,1H3,(H2,23,25). The van der Waals surface area contributed by atoms with Gasteiger partial charge in [0.25, 0.3) is 0 Å². The molecule has 8 heteroatoms. The molecular weight excluding hydrogens is 350 g/mol. The number of anilines is 1. The Labute approximate surface area is 146 Å². The molecule has 0 aliphatic heterocycles. The minimum absolute atomic E-state index is 0.135. The van der Waals surface area contributed by atoms with Gasteiger partial charge in [-0.2, -0.15) is 0 Å². The van der Waals surface area contributed by atoms with E-state index in [9.17, 15) is 17.6 Å². The van der Waals surface area contributed by atoms with E-state index in [-0.39, 0.29) is 28.2 Å². The Morgan fingerprint density at radius 2 is 1.73 bits per heavy atom. The Balaban J connectivity index is 2.04. The summed E-state index contributed by atoms with van der Waals surface area (Å²) in [6.45, 7) is 1.72. The van der Waals surface area contributed by atoms with Gasteiger partial charge in [-0.3, -0.25) is 4.98 Å². The number of rotatable bonds is 3. The SMILES string of the molecule is Cc1ccc(OC(F)(F)F)c(-c2ccc(-c3cnc(N)cn3)c(F)c2)c1. The van der Waals surface area contributed by atoms with Crippen LogP contribution < -0.4 is 10.5 Å².